The van der Waals surface area contributed by atoms with Gasteiger partial charge in [0.15, 0.2) is 40.1 Å². The normalized spacial score (nSPS) is 12.2. The molecule has 27 nitrogen and oxygen atoms in total. The van der Waals surface area contributed by atoms with E-state index in [1.54, 1.807) is 93.6 Å². The molecule has 0 radical (unpaired) electrons. The number of alkyl halides is 3. The third kappa shape index (κ3) is 27.7. The molecule has 1 amide bonds. The molecule has 10 aromatic rings. The number of aromatic carboxylic acids is 1. The first kappa shape index (κ1) is 81.2. The van der Waals surface area contributed by atoms with Crippen molar-refractivity contribution in [2.75, 3.05) is 39.4 Å². The monoisotopic (exact) mass is 1400 g/mol. The van der Waals surface area contributed by atoms with Gasteiger partial charge in [0.2, 0.25) is 4.67 Å². The minimum absolute atomic E-state index is 0. The van der Waals surface area contributed by atoms with Gasteiger partial charge < -0.3 is 69.0 Å². The number of hydrogen-bond acceptors (Lipinski definition) is 23. The van der Waals surface area contributed by atoms with Crippen molar-refractivity contribution in [2.45, 2.75) is 57.5 Å². The van der Waals surface area contributed by atoms with Crippen molar-refractivity contribution in [1.82, 2.24) is 50.8 Å². The zero-order valence-electron chi connectivity index (χ0n) is 52.4. The van der Waals surface area contributed by atoms with E-state index in [2.05, 4.69) is 126 Å². The average molecular weight is 1400 g/mol. The summed E-state index contributed by atoms with van der Waals surface area (Å²) >= 11 is 3.01. The van der Waals surface area contributed by atoms with Crippen LogP contribution in [-0.2, 0) is 14.3 Å². The maximum Gasteiger partial charge on any atom is 1.00 e. The van der Waals surface area contributed by atoms with Crippen molar-refractivity contribution in [3.05, 3.63) is 222 Å². The van der Waals surface area contributed by atoms with Crippen LogP contribution in [0.15, 0.2) is 206 Å². The van der Waals surface area contributed by atoms with Crippen LogP contribution in [0.2, 0.25) is 0 Å². The number of amides is 1. The summed E-state index contributed by atoms with van der Waals surface area (Å²) in [5.74, 6) is -2.10. The largest absolute Gasteiger partial charge is 1.00 e. The molecule has 2 aliphatic rings. The van der Waals surface area contributed by atoms with Crippen molar-refractivity contribution >= 4 is 58.3 Å². The molecule has 33 heteroatoms. The van der Waals surface area contributed by atoms with Crippen LogP contribution in [0.3, 0.4) is 0 Å². The number of esters is 2. The Balaban J connectivity index is 0.000000304. The number of likely N-dealkylation sites (tertiary alicyclic amines) is 1. The maximum absolute atomic E-state index is 12.7. The average Bonchev–Trinajstić information content (AvgIpc) is 1.84. The second-order valence-corrected chi connectivity index (χ2v) is 20.4. The van der Waals surface area contributed by atoms with Gasteiger partial charge in [-0.1, -0.05) is 87.4 Å². The predicted octanol–water partition coefficient (Wildman–Crippen LogP) is 6.27. The number of nitrogens with one attached hydrogen (secondary N) is 1. The van der Waals surface area contributed by atoms with Gasteiger partial charge >= 0.3 is 56.0 Å². The van der Waals surface area contributed by atoms with Gasteiger partial charge in [0.25, 0.3) is 5.91 Å². The molecule has 0 spiro atoms. The van der Waals surface area contributed by atoms with E-state index in [4.69, 9.17) is 43.4 Å². The van der Waals surface area contributed by atoms with Crippen LogP contribution in [0, 0.1) is 0 Å². The summed E-state index contributed by atoms with van der Waals surface area (Å²) in [4.78, 5) is 71.7. The molecule has 0 unspecified atom stereocenters. The molecule has 0 bridgehead atoms. The summed E-state index contributed by atoms with van der Waals surface area (Å²) in [6, 6.07) is 41.5. The zero-order chi connectivity index (χ0) is 67.7. The molecule has 0 aliphatic carbocycles. The number of benzene rings is 2. The molecule has 0 atom stereocenters. The smallest absolute Gasteiger partial charge is 0.870 e. The van der Waals surface area contributed by atoms with Crippen LogP contribution in [0.4, 0.5) is 13.2 Å². The molecule has 10 heterocycles. The van der Waals surface area contributed by atoms with Crippen molar-refractivity contribution in [1.29, 1.82) is 0 Å². The van der Waals surface area contributed by atoms with E-state index >= 15 is 0 Å². The Kier molecular flexibility index (Phi) is 36.1. The van der Waals surface area contributed by atoms with Crippen LogP contribution in [-0.4, -0.2) is 159 Å². The third-order valence-corrected chi connectivity index (χ3v) is 13.5. The van der Waals surface area contributed by atoms with Gasteiger partial charge in [-0.05, 0) is 134 Å². The fourth-order valence-electron chi connectivity index (χ4n) is 8.53. The van der Waals surface area contributed by atoms with Crippen molar-refractivity contribution < 1.29 is 115 Å². The summed E-state index contributed by atoms with van der Waals surface area (Å²) in [7, 11) is -1.40. The number of carboxylic acid groups (broad SMARTS) is 2. The third-order valence-electron chi connectivity index (χ3n) is 13.1. The fraction of sp³-hybridized carbons (Fsp3) is 0.234. The van der Waals surface area contributed by atoms with E-state index in [9.17, 15) is 32.3 Å². The topological polar surface area (TPSA) is 417 Å². The summed E-state index contributed by atoms with van der Waals surface area (Å²) in [6.45, 7) is 7.96. The molecular formula is C64H66BBrF3LiN10O17. The van der Waals surface area contributed by atoms with Gasteiger partial charge in [-0.2, -0.15) is 13.2 Å². The summed E-state index contributed by atoms with van der Waals surface area (Å²) < 4.78 is 61.4. The Morgan fingerprint density at radius 3 is 1.30 bits per heavy atom. The Morgan fingerprint density at radius 1 is 0.567 bits per heavy atom. The van der Waals surface area contributed by atoms with Gasteiger partial charge in [0.1, 0.15) is 0 Å². The molecule has 97 heavy (non-hydrogen) atoms. The SMILES string of the molecule is CCOC(=O)c1cc(-c2cccnc2)on1.CCOC(=O)c1cc(Br)on1.O.O=C(O)C(F)(F)F.O=C(O)c1cc(-c2cccnc2)on1.O=C(c1cc(-c2cccnc2)on1)N1CCC(c2ccccc2)CC1.OB(O)c1cccnc1.[Li+].[OH-].c1ccc(C2CCNCC2)cc1. The number of pyridine rings is 4. The molecule has 8 N–H and O–H groups in total. The van der Waals surface area contributed by atoms with Gasteiger partial charge in [0.05, 0.1) is 13.2 Å². The Bertz CT molecular complexity index is 3860. The minimum Gasteiger partial charge on any atom is -0.870 e. The van der Waals surface area contributed by atoms with Gasteiger partial charge in [-0.3, -0.25) is 24.7 Å². The molecule has 2 fully saturated rings. The van der Waals surface area contributed by atoms with E-state index in [1.165, 1.54) is 61.5 Å². The Labute approximate surface area is 573 Å². The van der Waals surface area contributed by atoms with Crippen LogP contribution >= 0.6 is 15.9 Å². The molecule has 2 saturated heterocycles. The van der Waals surface area contributed by atoms with E-state index in [0.29, 0.717) is 57.8 Å². The van der Waals surface area contributed by atoms with Crippen LogP contribution in [0.25, 0.3) is 34.0 Å². The summed E-state index contributed by atoms with van der Waals surface area (Å²) in [5, 5.41) is 50.6. The molecule has 2 aliphatic heterocycles. The van der Waals surface area contributed by atoms with Crippen LogP contribution in [0.5, 0.6) is 0 Å². The molecule has 2 aromatic carbocycles. The fourth-order valence-corrected chi connectivity index (χ4v) is 8.82. The quantitative estimate of drug-likeness (QED) is 0.0664. The second-order valence-electron chi connectivity index (χ2n) is 19.6. The van der Waals surface area contributed by atoms with Gasteiger partial charge in [-0.15, -0.1) is 0 Å². The first-order valence-corrected chi connectivity index (χ1v) is 29.6. The molecule has 8 aromatic heterocycles. The minimum atomic E-state index is -5.08. The van der Waals surface area contributed by atoms with E-state index in [-0.39, 0.29) is 52.8 Å². The van der Waals surface area contributed by atoms with Gasteiger partial charge in [-0.25, -0.2) is 19.2 Å². The van der Waals surface area contributed by atoms with E-state index in [1.807, 2.05) is 29.2 Å². The first-order chi connectivity index (χ1) is 45.3. The number of aliphatic carboxylic acids is 1. The predicted molar refractivity (Wildman–Crippen MR) is 341 cm³/mol. The number of rotatable bonds is 12. The molecule has 12 rings (SSSR count). The van der Waals surface area contributed by atoms with Crippen molar-refractivity contribution in [3.8, 4) is 34.0 Å². The molecular weight excluding hydrogens is 1340 g/mol. The summed E-state index contributed by atoms with van der Waals surface area (Å²) in [5.41, 5.74) is 6.17. The van der Waals surface area contributed by atoms with Crippen molar-refractivity contribution in [2.24, 2.45) is 0 Å². The Morgan fingerprint density at radius 2 is 0.948 bits per heavy atom. The Hall–Kier alpha value is -10.0. The number of ether oxygens (including phenoxy) is 2. The second kappa shape index (κ2) is 43.1. The van der Waals surface area contributed by atoms with Crippen molar-refractivity contribution in [3.63, 3.8) is 0 Å². The molecule has 0 saturated carbocycles. The van der Waals surface area contributed by atoms with E-state index in [0.717, 1.165) is 43.0 Å². The number of aromatic nitrogens is 8. The zero-order valence-corrected chi connectivity index (χ0v) is 54.0. The standard InChI is InChI=1S/C20H19N3O2.C11H10N2O3.C11H15N.C9H6N2O3.C6H6BrNO3.C5H6BNO2.C2HF3O2.Li.2H2O/c24-20(18-13-19(25-22-18)17-7-4-10-21-14-17)23-11-8-16(9-12-23)15-5-2-1-3-6-15;1-2-15-11(14)9-6-10(16-13-9)8-4-3-5-12-7-8;1-2-4-10(5-3-1)11-6-8-12-9-7-11;12-9(13)7-4-8(14-11-7)6-2-1-3-10-5-6;1-2-10-6(9)4-3-5(7)11-8-4;8-6(9)5-2-1-3-7-4-5;3-2(4,5)1(6)7;;;/h1-7,10,13-14,16H,8-9,11-12H2;3-7H,2H2,1H3;1-5,11-12H,6-9H2;1-5H,(H,12,13);3H,2H2,1H3;1-4,8-9H;(H,6,7);;2*1H2/q;;;;;;;+1;;/p-1. The first-order valence-electron chi connectivity index (χ1n) is 28.8. The number of nitrogens with zero attached hydrogens (tertiary/aromatic N) is 9. The van der Waals surface area contributed by atoms with E-state index < -0.39 is 37.2 Å². The number of halogens is 4. The van der Waals surface area contributed by atoms with Gasteiger partial charge in [0, 0.05) is 109 Å². The number of carbonyl (C=O) groups is 5. The summed E-state index contributed by atoms with van der Waals surface area (Å²) in [6.07, 6.45) is 12.3. The number of carbonyl (C=O) groups excluding carboxylic acids is 3. The number of piperidine rings is 2. The maximum atomic E-state index is 12.7. The van der Waals surface area contributed by atoms with Crippen LogP contribution in [0.1, 0.15) is 104 Å². The molecule has 506 valence electrons. The number of carboxylic acids is 2. The number of hydrogen-bond donors (Lipinski definition) is 5. The van der Waals surface area contributed by atoms with Crippen LogP contribution < -0.4 is 29.6 Å².